The Morgan fingerprint density at radius 3 is 2.47 bits per heavy atom. The van der Waals surface area contributed by atoms with Gasteiger partial charge in [-0.2, -0.15) is 0 Å². The lowest BCUT2D eigenvalue weighted by atomic mass is 10.1. The van der Waals surface area contributed by atoms with Crippen molar-refractivity contribution in [3.8, 4) is 0 Å². The van der Waals surface area contributed by atoms with E-state index in [2.05, 4.69) is 9.97 Å². The first-order chi connectivity index (χ1) is 7.22. The van der Waals surface area contributed by atoms with Gasteiger partial charge in [0.05, 0.1) is 0 Å². The second-order valence-electron chi connectivity index (χ2n) is 3.94. The predicted molar refractivity (Wildman–Crippen MR) is 57.3 cm³/mol. The lowest BCUT2D eigenvalue weighted by molar-refractivity contribution is 0.104. The number of aromatic nitrogens is 2. The van der Waals surface area contributed by atoms with Crippen molar-refractivity contribution in [2.75, 3.05) is 6.61 Å². The number of rotatable bonds is 2. The highest BCUT2D eigenvalue weighted by Gasteiger charge is 2.21. The van der Waals surface area contributed by atoms with Gasteiger partial charge >= 0.3 is 0 Å². The molecule has 0 saturated carbocycles. The van der Waals surface area contributed by atoms with Crippen molar-refractivity contribution in [1.29, 1.82) is 0 Å². The zero-order chi connectivity index (χ0) is 10.8. The van der Waals surface area contributed by atoms with Gasteiger partial charge in [0.25, 0.3) is 0 Å². The summed E-state index contributed by atoms with van der Waals surface area (Å²) < 4.78 is 5.57. The molecule has 2 N–H and O–H groups in total. The number of nitrogens with two attached hydrogens (primary N) is 1. The van der Waals surface area contributed by atoms with E-state index in [0.717, 1.165) is 42.2 Å². The first-order valence-corrected chi connectivity index (χ1v) is 5.38. The number of hydrogen-bond acceptors (Lipinski definition) is 4. The molecule has 0 radical (unpaired) electrons. The van der Waals surface area contributed by atoms with Crippen LogP contribution in [-0.2, 0) is 11.3 Å². The lowest BCUT2D eigenvalue weighted by Gasteiger charge is -2.12. The molecule has 2 heterocycles. The average molecular weight is 207 g/mol. The van der Waals surface area contributed by atoms with E-state index in [9.17, 15) is 0 Å². The molecule has 1 aliphatic heterocycles. The van der Waals surface area contributed by atoms with Crippen LogP contribution in [0.2, 0.25) is 0 Å². The van der Waals surface area contributed by atoms with Gasteiger partial charge in [0, 0.05) is 30.1 Å². The molecule has 0 bridgehead atoms. The molecule has 4 heteroatoms. The van der Waals surface area contributed by atoms with Gasteiger partial charge in [0.15, 0.2) is 5.82 Å². The van der Waals surface area contributed by atoms with Crippen LogP contribution in [0.15, 0.2) is 0 Å². The summed E-state index contributed by atoms with van der Waals surface area (Å²) in [5, 5.41) is 0. The fraction of sp³-hybridized carbons (Fsp3) is 0.636. The summed E-state index contributed by atoms with van der Waals surface area (Å²) in [6, 6.07) is 0. The van der Waals surface area contributed by atoms with E-state index < -0.39 is 0 Å². The molecule has 1 atom stereocenters. The number of ether oxygens (including phenoxy) is 1. The van der Waals surface area contributed by atoms with E-state index >= 15 is 0 Å². The van der Waals surface area contributed by atoms with Crippen molar-refractivity contribution in [3.63, 3.8) is 0 Å². The van der Waals surface area contributed by atoms with Crippen molar-refractivity contribution >= 4 is 0 Å². The second kappa shape index (κ2) is 4.24. The highest BCUT2D eigenvalue weighted by Crippen LogP contribution is 2.26. The van der Waals surface area contributed by atoms with Crippen LogP contribution in [-0.4, -0.2) is 16.6 Å². The Kier molecular flexibility index (Phi) is 2.98. The van der Waals surface area contributed by atoms with Gasteiger partial charge in [0.2, 0.25) is 0 Å². The molecular formula is C11H17N3O. The molecule has 1 saturated heterocycles. The van der Waals surface area contributed by atoms with Crippen LogP contribution in [0.25, 0.3) is 0 Å². The summed E-state index contributed by atoms with van der Waals surface area (Å²) in [6.07, 6.45) is 2.22. The van der Waals surface area contributed by atoms with Crippen LogP contribution in [0.5, 0.6) is 0 Å². The lowest BCUT2D eigenvalue weighted by Crippen LogP contribution is -2.11. The van der Waals surface area contributed by atoms with Crippen LogP contribution in [0, 0.1) is 13.8 Å². The molecule has 0 amide bonds. The van der Waals surface area contributed by atoms with Gasteiger partial charge in [-0.25, -0.2) is 9.97 Å². The molecule has 2 rings (SSSR count). The third kappa shape index (κ3) is 2.01. The molecule has 0 aliphatic carbocycles. The Balaban J connectivity index is 2.33. The first kappa shape index (κ1) is 10.5. The Hall–Kier alpha value is -1.00. The highest BCUT2D eigenvalue weighted by molar-refractivity contribution is 5.24. The Labute approximate surface area is 89.9 Å². The molecule has 15 heavy (non-hydrogen) atoms. The van der Waals surface area contributed by atoms with E-state index in [0.29, 0.717) is 6.54 Å². The minimum Gasteiger partial charge on any atom is -0.370 e. The molecule has 1 aliphatic rings. The van der Waals surface area contributed by atoms with Crippen molar-refractivity contribution in [1.82, 2.24) is 9.97 Å². The quantitative estimate of drug-likeness (QED) is 0.796. The summed E-state index contributed by atoms with van der Waals surface area (Å²) >= 11 is 0. The third-order valence-electron chi connectivity index (χ3n) is 2.86. The fourth-order valence-corrected chi connectivity index (χ4v) is 1.99. The molecule has 1 unspecified atom stereocenters. The summed E-state index contributed by atoms with van der Waals surface area (Å²) in [4.78, 5) is 8.94. The van der Waals surface area contributed by atoms with E-state index in [4.69, 9.17) is 10.5 Å². The zero-order valence-electron chi connectivity index (χ0n) is 9.29. The van der Waals surface area contributed by atoms with E-state index in [1.54, 1.807) is 0 Å². The largest absolute Gasteiger partial charge is 0.370 e. The first-order valence-electron chi connectivity index (χ1n) is 5.38. The number of hydrogen-bond donors (Lipinski definition) is 1. The second-order valence-corrected chi connectivity index (χ2v) is 3.94. The minimum atomic E-state index is 0.0919. The molecule has 82 valence electrons. The summed E-state index contributed by atoms with van der Waals surface area (Å²) in [5.74, 6) is 0.819. The number of aryl methyl sites for hydroxylation is 2. The van der Waals surface area contributed by atoms with Crippen LogP contribution in [0.3, 0.4) is 0 Å². The predicted octanol–water partition coefficient (Wildman–Crippen LogP) is 1.40. The normalized spacial score (nSPS) is 20.9. The van der Waals surface area contributed by atoms with Crippen molar-refractivity contribution < 1.29 is 4.74 Å². The zero-order valence-corrected chi connectivity index (χ0v) is 9.29. The minimum absolute atomic E-state index is 0.0919. The standard InChI is InChI=1S/C11H17N3O/c1-7-9(6-12)8(2)14-11(13-7)10-4-3-5-15-10/h10H,3-6,12H2,1-2H3. The van der Waals surface area contributed by atoms with Gasteiger partial charge in [-0.1, -0.05) is 0 Å². The smallest absolute Gasteiger partial charge is 0.157 e. The molecular weight excluding hydrogens is 190 g/mol. The van der Waals surface area contributed by atoms with Crippen molar-refractivity contribution in [2.45, 2.75) is 39.3 Å². The summed E-state index contributed by atoms with van der Waals surface area (Å²) in [7, 11) is 0. The van der Waals surface area contributed by atoms with Gasteiger partial charge in [-0.05, 0) is 26.7 Å². The van der Waals surface area contributed by atoms with Gasteiger partial charge < -0.3 is 10.5 Å². The fourth-order valence-electron chi connectivity index (χ4n) is 1.99. The topological polar surface area (TPSA) is 61.0 Å². The van der Waals surface area contributed by atoms with Crippen molar-refractivity contribution in [2.24, 2.45) is 5.73 Å². The van der Waals surface area contributed by atoms with Crippen LogP contribution >= 0.6 is 0 Å². The molecule has 1 fully saturated rings. The summed E-state index contributed by atoms with van der Waals surface area (Å²) in [5.41, 5.74) is 8.66. The molecule has 1 aromatic heterocycles. The van der Waals surface area contributed by atoms with Crippen LogP contribution in [0.4, 0.5) is 0 Å². The summed E-state index contributed by atoms with van der Waals surface area (Å²) in [6.45, 7) is 5.29. The van der Waals surface area contributed by atoms with Crippen LogP contribution in [0.1, 0.15) is 41.7 Å². The third-order valence-corrected chi connectivity index (χ3v) is 2.86. The van der Waals surface area contributed by atoms with E-state index in [-0.39, 0.29) is 6.10 Å². The Morgan fingerprint density at radius 2 is 2.00 bits per heavy atom. The average Bonchev–Trinajstić information content (AvgIpc) is 2.69. The van der Waals surface area contributed by atoms with E-state index in [1.165, 1.54) is 0 Å². The molecule has 4 nitrogen and oxygen atoms in total. The maximum absolute atomic E-state index is 5.64. The van der Waals surface area contributed by atoms with Gasteiger partial charge in [-0.15, -0.1) is 0 Å². The van der Waals surface area contributed by atoms with E-state index in [1.807, 2.05) is 13.8 Å². The SMILES string of the molecule is Cc1nc(C2CCCO2)nc(C)c1CN. The maximum atomic E-state index is 5.64. The monoisotopic (exact) mass is 207 g/mol. The van der Waals surface area contributed by atoms with Crippen molar-refractivity contribution in [3.05, 3.63) is 22.8 Å². The Morgan fingerprint density at radius 1 is 1.33 bits per heavy atom. The highest BCUT2D eigenvalue weighted by atomic mass is 16.5. The molecule has 1 aromatic rings. The van der Waals surface area contributed by atoms with Gasteiger partial charge in [-0.3, -0.25) is 0 Å². The van der Waals surface area contributed by atoms with Crippen LogP contribution < -0.4 is 5.73 Å². The maximum Gasteiger partial charge on any atom is 0.157 e. The molecule has 0 spiro atoms. The van der Waals surface area contributed by atoms with Gasteiger partial charge in [0.1, 0.15) is 6.10 Å². The number of nitrogens with zero attached hydrogens (tertiary/aromatic N) is 2. The molecule has 0 aromatic carbocycles. The Bertz CT molecular complexity index is 336.